The number of methoxy groups -OCH3 is 2. The first-order valence-electron chi connectivity index (χ1n) is 6.74. The van der Waals surface area contributed by atoms with Gasteiger partial charge in [0.1, 0.15) is 11.8 Å². The minimum absolute atomic E-state index is 0.438. The maximum Gasteiger partial charge on any atom is 0.338 e. The number of benzene rings is 1. The summed E-state index contributed by atoms with van der Waals surface area (Å²) in [5.41, 5.74) is 1.87. The Kier molecular flexibility index (Phi) is 4.20. The number of esters is 1. The highest BCUT2D eigenvalue weighted by Crippen LogP contribution is 2.39. The fraction of sp³-hybridized carbons (Fsp3) is 0.286. The first-order chi connectivity index (χ1) is 11.1. The van der Waals surface area contributed by atoms with Crippen LogP contribution in [0.15, 0.2) is 29.5 Å². The molecule has 1 aliphatic rings. The van der Waals surface area contributed by atoms with E-state index in [-0.39, 0.29) is 0 Å². The molecule has 0 fully saturated rings. The average Bonchev–Trinajstić information content (AvgIpc) is 3.00. The van der Waals surface area contributed by atoms with Crippen molar-refractivity contribution in [3.63, 3.8) is 0 Å². The predicted octanol–water partition coefficient (Wildman–Crippen LogP) is 1.75. The molecule has 1 aliphatic heterocycles. The molecule has 9 heteroatoms. The summed E-state index contributed by atoms with van der Waals surface area (Å²) in [5, 5.41) is 14.7. The van der Waals surface area contributed by atoms with E-state index in [4.69, 9.17) is 9.47 Å². The summed E-state index contributed by atoms with van der Waals surface area (Å²) in [6, 6.07) is 5.20. The molecule has 1 aromatic carbocycles. The zero-order valence-corrected chi connectivity index (χ0v) is 14.9. The Morgan fingerprint density at radius 1 is 1.39 bits per heavy atom. The summed E-state index contributed by atoms with van der Waals surface area (Å²) in [7, 11) is 2.93. The van der Waals surface area contributed by atoms with Gasteiger partial charge in [-0.3, -0.25) is 0 Å². The van der Waals surface area contributed by atoms with Crippen LogP contribution < -0.4 is 10.1 Å². The summed E-state index contributed by atoms with van der Waals surface area (Å²) in [6.07, 6.45) is 0. The third-order valence-corrected chi connectivity index (χ3v) is 4.28. The van der Waals surface area contributed by atoms with E-state index in [1.165, 1.54) is 7.11 Å². The lowest BCUT2D eigenvalue weighted by Gasteiger charge is -2.28. The molecule has 0 aliphatic carbocycles. The Morgan fingerprint density at radius 2 is 2.17 bits per heavy atom. The first-order valence-corrected chi connectivity index (χ1v) is 7.82. The number of tetrazole rings is 1. The van der Waals surface area contributed by atoms with Gasteiger partial charge in [0.05, 0.1) is 19.8 Å². The van der Waals surface area contributed by atoms with Gasteiger partial charge < -0.3 is 14.8 Å². The van der Waals surface area contributed by atoms with Crippen LogP contribution in [0, 0.1) is 3.57 Å². The number of allylic oxidation sites excluding steroid dienone is 1. The van der Waals surface area contributed by atoms with Gasteiger partial charge in [-0.15, -0.1) is 0 Å². The summed E-state index contributed by atoms with van der Waals surface area (Å²) in [5.74, 6) is 0.663. The maximum atomic E-state index is 12.3. The molecule has 1 atom stereocenters. The minimum atomic E-state index is -0.529. The van der Waals surface area contributed by atoms with E-state index < -0.39 is 12.0 Å². The summed E-state index contributed by atoms with van der Waals surface area (Å²) in [6.45, 7) is 1.79. The average molecular weight is 427 g/mol. The highest BCUT2D eigenvalue weighted by molar-refractivity contribution is 14.1. The Hall–Kier alpha value is -2.17. The van der Waals surface area contributed by atoms with E-state index in [9.17, 15) is 4.79 Å². The van der Waals surface area contributed by atoms with Crippen LogP contribution in [0.3, 0.4) is 0 Å². The van der Waals surface area contributed by atoms with Crippen LogP contribution in [0.2, 0.25) is 0 Å². The zero-order chi connectivity index (χ0) is 16.6. The highest BCUT2D eigenvalue weighted by Gasteiger charge is 2.36. The van der Waals surface area contributed by atoms with E-state index in [2.05, 4.69) is 43.4 Å². The predicted molar refractivity (Wildman–Crippen MR) is 90.0 cm³/mol. The number of nitrogens with one attached hydrogen (secondary N) is 1. The largest absolute Gasteiger partial charge is 0.496 e. The SMILES string of the molecule is COC(=O)C1=C(C)Nc2nnnn2C1c1cc(I)ccc1OC. The van der Waals surface area contributed by atoms with E-state index in [0.29, 0.717) is 23.0 Å². The van der Waals surface area contributed by atoms with Crippen LogP contribution >= 0.6 is 22.6 Å². The van der Waals surface area contributed by atoms with Crippen molar-refractivity contribution < 1.29 is 14.3 Å². The standard InChI is InChI=1S/C14H14IN5O3/c1-7-11(13(21)23-3)12(20-14(16-7)17-18-19-20)9-6-8(15)4-5-10(9)22-2/h4-6,12H,1-3H3,(H,16,17,19). The lowest BCUT2D eigenvalue weighted by Crippen LogP contribution is -2.29. The molecule has 0 saturated heterocycles. The molecule has 0 bridgehead atoms. The Balaban J connectivity index is 2.26. The molecule has 8 nitrogen and oxygen atoms in total. The lowest BCUT2D eigenvalue weighted by molar-refractivity contribution is -0.136. The van der Waals surface area contributed by atoms with Gasteiger partial charge in [-0.25, -0.2) is 4.79 Å². The number of carbonyl (C=O) groups excluding carboxylic acids is 1. The van der Waals surface area contributed by atoms with Crippen molar-refractivity contribution in [2.45, 2.75) is 13.0 Å². The number of ether oxygens (including phenoxy) is 2. The molecular weight excluding hydrogens is 413 g/mol. The van der Waals surface area contributed by atoms with E-state index >= 15 is 0 Å². The molecule has 1 aromatic heterocycles. The summed E-state index contributed by atoms with van der Waals surface area (Å²) >= 11 is 2.21. The van der Waals surface area contributed by atoms with Gasteiger partial charge in [0.15, 0.2) is 0 Å². The third-order valence-electron chi connectivity index (χ3n) is 3.61. The van der Waals surface area contributed by atoms with Gasteiger partial charge >= 0.3 is 5.97 Å². The van der Waals surface area contributed by atoms with Crippen LogP contribution in [0.4, 0.5) is 5.95 Å². The normalized spacial score (nSPS) is 16.6. The van der Waals surface area contributed by atoms with Gasteiger partial charge in [-0.1, -0.05) is 5.10 Å². The number of aromatic nitrogens is 4. The van der Waals surface area contributed by atoms with Crippen molar-refractivity contribution in [2.24, 2.45) is 0 Å². The number of fused-ring (bicyclic) bond motifs is 1. The molecule has 2 aromatic rings. The Labute approximate surface area is 146 Å². The first kappa shape index (κ1) is 15.7. The van der Waals surface area contributed by atoms with Gasteiger partial charge in [0.2, 0.25) is 5.95 Å². The molecule has 120 valence electrons. The maximum absolute atomic E-state index is 12.3. The Bertz CT molecular complexity index is 801. The second-order valence-electron chi connectivity index (χ2n) is 4.89. The van der Waals surface area contributed by atoms with Crippen LogP contribution in [-0.2, 0) is 9.53 Å². The van der Waals surface area contributed by atoms with E-state index in [0.717, 1.165) is 9.13 Å². The van der Waals surface area contributed by atoms with Crippen LogP contribution in [0.1, 0.15) is 18.5 Å². The quantitative estimate of drug-likeness (QED) is 0.590. The number of hydrogen-bond donors (Lipinski definition) is 1. The highest BCUT2D eigenvalue weighted by atomic mass is 127. The molecule has 23 heavy (non-hydrogen) atoms. The van der Waals surface area contributed by atoms with Gasteiger partial charge in [0, 0.05) is 14.8 Å². The molecule has 1 unspecified atom stereocenters. The Morgan fingerprint density at radius 3 is 2.87 bits per heavy atom. The van der Waals surface area contributed by atoms with Crippen LogP contribution in [-0.4, -0.2) is 40.4 Å². The number of anilines is 1. The second-order valence-corrected chi connectivity index (χ2v) is 6.14. The molecule has 0 radical (unpaired) electrons. The van der Waals surface area contributed by atoms with Crippen molar-refractivity contribution in [1.82, 2.24) is 20.2 Å². The molecule has 0 amide bonds. The lowest BCUT2D eigenvalue weighted by atomic mass is 9.95. The second kappa shape index (κ2) is 6.14. The molecule has 1 N–H and O–H groups in total. The summed E-state index contributed by atoms with van der Waals surface area (Å²) in [4.78, 5) is 12.3. The molecule has 0 saturated carbocycles. The van der Waals surface area contributed by atoms with Crippen molar-refractivity contribution >= 4 is 34.5 Å². The molecular formula is C14H14IN5O3. The smallest absolute Gasteiger partial charge is 0.338 e. The van der Waals surface area contributed by atoms with Crippen molar-refractivity contribution in [1.29, 1.82) is 0 Å². The fourth-order valence-corrected chi connectivity index (χ4v) is 3.11. The van der Waals surface area contributed by atoms with Crippen LogP contribution in [0.25, 0.3) is 0 Å². The van der Waals surface area contributed by atoms with Gasteiger partial charge in [0.25, 0.3) is 0 Å². The molecule has 0 spiro atoms. The van der Waals surface area contributed by atoms with Crippen LogP contribution in [0.5, 0.6) is 5.75 Å². The van der Waals surface area contributed by atoms with Gasteiger partial charge in [-0.2, -0.15) is 4.68 Å². The van der Waals surface area contributed by atoms with E-state index in [1.807, 2.05) is 18.2 Å². The number of hydrogen-bond acceptors (Lipinski definition) is 7. The zero-order valence-electron chi connectivity index (χ0n) is 12.7. The third kappa shape index (κ3) is 2.64. The number of halogens is 1. The summed E-state index contributed by atoms with van der Waals surface area (Å²) < 4.78 is 13.0. The fourth-order valence-electron chi connectivity index (χ4n) is 2.59. The topological polar surface area (TPSA) is 91.2 Å². The van der Waals surface area contributed by atoms with Crippen molar-refractivity contribution in [3.05, 3.63) is 38.6 Å². The minimum Gasteiger partial charge on any atom is -0.496 e. The molecule has 3 rings (SSSR count). The monoisotopic (exact) mass is 427 g/mol. The van der Waals surface area contributed by atoms with E-state index in [1.54, 1.807) is 18.7 Å². The van der Waals surface area contributed by atoms with Crippen molar-refractivity contribution in [3.8, 4) is 5.75 Å². The number of carbonyl (C=O) groups is 1. The van der Waals surface area contributed by atoms with Gasteiger partial charge in [-0.05, 0) is 58.1 Å². The van der Waals surface area contributed by atoms with Crippen molar-refractivity contribution in [2.75, 3.05) is 19.5 Å². The molecule has 2 heterocycles. The number of nitrogens with zero attached hydrogens (tertiary/aromatic N) is 4. The number of rotatable bonds is 3.